The molecule has 4 nitrogen and oxygen atoms in total. The third kappa shape index (κ3) is 7.44. The van der Waals surface area contributed by atoms with Crippen molar-refractivity contribution in [2.75, 3.05) is 5.75 Å². The molecule has 0 unspecified atom stereocenters. The predicted molar refractivity (Wildman–Crippen MR) is 129 cm³/mol. The van der Waals surface area contributed by atoms with E-state index >= 15 is 0 Å². The number of nitrogens with one attached hydrogen (secondary N) is 1. The van der Waals surface area contributed by atoms with Crippen LogP contribution in [0.3, 0.4) is 0 Å². The monoisotopic (exact) mass is 478 g/mol. The minimum Gasteiger partial charge on any atom is -0.352 e. The summed E-state index contributed by atoms with van der Waals surface area (Å²) in [6.45, 7) is 2.17. The number of thioether (sulfide) groups is 1. The van der Waals surface area contributed by atoms with Gasteiger partial charge in [-0.05, 0) is 55.2 Å². The van der Waals surface area contributed by atoms with Crippen LogP contribution < -0.4 is 5.32 Å². The molecular formula is C24H28Cl2N2O2S. The first-order valence-electron chi connectivity index (χ1n) is 10.6. The molecule has 1 saturated carbocycles. The number of nitrogens with zero attached hydrogens (tertiary/aromatic N) is 1. The molecule has 0 aromatic heterocycles. The Morgan fingerprint density at radius 3 is 2.45 bits per heavy atom. The van der Waals surface area contributed by atoms with Crippen molar-refractivity contribution in [2.45, 2.75) is 57.0 Å². The lowest BCUT2D eigenvalue weighted by Crippen LogP contribution is -2.50. The Kier molecular flexibility index (Phi) is 9.12. The fraction of sp³-hybridized carbons (Fsp3) is 0.417. The predicted octanol–water partition coefficient (Wildman–Crippen LogP) is 5.70. The van der Waals surface area contributed by atoms with Gasteiger partial charge in [-0.2, -0.15) is 0 Å². The van der Waals surface area contributed by atoms with Gasteiger partial charge in [-0.15, -0.1) is 11.8 Å². The molecule has 1 N–H and O–H groups in total. The van der Waals surface area contributed by atoms with Gasteiger partial charge in [0.05, 0.1) is 5.75 Å². The summed E-state index contributed by atoms with van der Waals surface area (Å²) in [5.41, 5.74) is 2.01. The van der Waals surface area contributed by atoms with Crippen LogP contribution in [0.2, 0.25) is 10.0 Å². The van der Waals surface area contributed by atoms with Gasteiger partial charge in [0.25, 0.3) is 0 Å². The Balaban J connectivity index is 1.64. The van der Waals surface area contributed by atoms with Crippen LogP contribution in [-0.4, -0.2) is 34.6 Å². The summed E-state index contributed by atoms with van der Waals surface area (Å²) in [4.78, 5) is 27.7. The van der Waals surface area contributed by atoms with Crippen molar-refractivity contribution in [1.29, 1.82) is 0 Å². The third-order valence-electron chi connectivity index (χ3n) is 5.52. The van der Waals surface area contributed by atoms with Crippen LogP contribution in [0.1, 0.15) is 43.7 Å². The van der Waals surface area contributed by atoms with Crippen molar-refractivity contribution in [1.82, 2.24) is 10.2 Å². The summed E-state index contributed by atoms with van der Waals surface area (Å²) in [5, 5.41) is 4.45. The quantitative estimate of drug-likeness (QED) is 0.502. The van der Waals surface area contributed by atoms with Gasteiger partial charge in [0.2, 0.25) is 11.8 Å². The first kappa shape index (κ1) is 24.0. The number of amides is 2. The fourth-order valence-electron chi connectivity index (χ4n) is 3.73. The van der Waals surface area contributed by atoms with Crippen molar-refractivity contribution < 1.29 is 9.59 Å². The number of halogens is 2. The number of hydrogen-bond donors (Lipinski definition) is 1. The SMILES string of the molecule is C[C@H](C(=O)NC1CCCC1)N(Cc1ccc(Cl)cc1)C(=O)CSCc1cccc(Cl)c1. The number of benzene rings is 2. The molecule has 0 aliphatic heterocycles. The number of hydrogen-bond acceptors (Lipinski definition) is 3. The Morgan fingerprint density at radius 2 is 1.77 bits per heavy atom. The van der Waals surface area contributed by atoms with Crippen molar-refractivity contribution in [2.24, 2.45) is 0 Å². The average molecular weight is 479 g/mol. The zero-order chi connectivity index (χ0) is 22.2. The van der Waals surface area contributed by atoms with E-state index in [1.807, 2.05) is 36.4 Å². The largest absolute Gasteiger partial charge is 0.352 e. The maximum atomic E-state index is 13.1. The van der Waals surface area contributed by atoms with Crippen LogP contribution in [0.4, 0.5) is 0 Å². The summed E-state index contributed by atoms with van der Waals surface area (Å²) >= 11 is 13.6. The van der Waals surface area contributed by atoms with E-state index in [4.69, 9.17) is 23.2 Å². The highest BCUT2D eigenvalue weighted by molar-refractivity contribution is 7.99. The van der Waals surface area contributed by atoms with E-state index in [2.05, 4.69) is 5.32 Å². The summed E-state index contributed by atoms with van der Waals surface area (Å²) in [6.07, 6.45) is 4.32. The fourth-order valence-corrected chi connectivity index (χ4v) is 4.92. The van der Waals surface area contributed by atoms with Gasteiger partial charge >= 0.3 is 0 Å². The van der Waals surface area contributed by atoms with Crippen LogP contribution in [0, 0.1) is 0 Å². The molecule has 3 rings (SSSR count). The molecule has 7 heteroatoms. The van der Waals surface area contributed by atoms with Crippen molar-refractivity contribution in [3.63, 3.8) is 0 Å². The van der Waals surface area contributed by atoms with Crippen molar-refractivity contribution >= 4 is 46.8 Å². The van der Waals surface area contributed by atoms with E-state index in [1.165, 1.54) is 11.8 Å². The lowest BCUT2D eigenvalue weighted by Gasteiger charge is -2.29. The normalized spacial score (nSPS) is 14.9. The van der Waals surface area contributed by atoms with Gasteiger partial charge in [0, 0.05) is 28.4 Å². The first-order chi connectivity index (χ1) is 14.9. The Labute approximate surface area is 198 Å². The third-order valence-corrected chi connectivity index (χ3v) is 6.99. The van der Waals surface area contributed by atoms with Crippen molar-refractivity contribution in [3.05, 3.63) is 69.7 Å². The van der Waals surface area contributed by atoms with E-state index in [0.29, 0.717) is 28.1 Å². The highest BCUT2D eigenvalue weighted by Gasteiger charge is 2.28. The second kappa shape index (κ2) is 11.8. The molecule has 1 fully saturated rings. The molecule has 0 saturated heterocycles. The lowest BCUT2D eigenvalue weighted by molar-refractivity contribution is -0.138. The van der Waals surface area contributed by atoms with Gasteiger partial charge in [-0.3, -0.25) is 9.59 Å². The highest BCUT2D eigenvalue weighted by atomic mass is 35.5. The summed E-state index contributed by atoms with van der Waals surface area (Å²) in [7, 11) is 0. The molecule has 31 heavy (non-hydrogen) atoms. The summed E-state index contributed by atoms with van der Waals surface area (Å²) in [6, 6.07) is 14.7. The molecular weight excluding hydrogens is 451 g/mol. The Bertz CT molecular complexity index is 885. The van der Waals surface area contributed by atoms with Gasteiger partial charge in [-0.25, -0.2) is 0 Å². The topological polar surface area (TPSA) is 49.4 Å². The maximum absolute atomic E-state index is 13.1. The molecule has 0 bridgehead atoms. The molecule has 0 heterocycles. The summed E-state index contributed by atoms with van der Waals surface area (Å²) < 4.78 is 0. The first-order valence-corrected chi connectivity index (χ1v) is 12.5. The molecule has 1 aliphatic rings. The van der Waals surface area contributed by atoms with E-state index in [9.17, 15) is 9.59 Å². The lowest BCUT2D eigenvalue weighted by atomic mass is 10.1. The number of carbonyl (C=O) groups is 2. The van der Waals surface area contributed by atoms with Crippen molar-refractivity contribution in [3.8, 4) is 0 Å². The van der Waals surface area contributed by atoms with Crippen LogP contribution in [-0.2, 0) is 21.9 Å². The van der Waals surface area contributed by atoms with Gasteiger partial charge < -0.3 is 10.2 Å². The maximum Gasteiger partial charge on any atom is 0.242 e. The van der Waals surface area contributed by atoms with Gasteiger partial charge in [0.1, 0.15) is 6.04 Å². The Morgan fingerprint density at radius 1 is 1.06 bits per heavy atom. The molecule has 1 atom stereocenters. The summed E-state index contributed by atoms with van der Waals surface area (Å²) in [5.74, 6) is 0.829. The average Bonchev–Trinajstić information content (AvgIpc) is 3.26. The standard InChI is InChI=1S/C24H28Cl2N2O2S/c1-17(24(30)27-22-7-2-3-8-22)28(14-18-9-11-20(25)12-10-18)23(29)16-31-15-19-5-4-6-21(26)13-19/h4-6,9-13,17,22H,2-3,7-8,14-16H2,1H3,(H,27,30)/t17-/m1/s1. The minimum atomic E-state index is -0.546. The minimum absolute atomic E-state index is 0.0592. The molecule has 1 aliphatic carbocycles. The second-order valence-corrected chi connectivity index (χ2v) is 9.80. The Hall–Kier alpha value is -1.69. The van der Waals surface area contributed by atoms with Crippen LogP contribution >= 0.6 is 35.0 Å². The highest BCUT2D eigenvalue weighted by Crippen LogP contribution is 2.21. The van der Waals surface area contributed by atoms with E-state index in [1.54, 1.807) is 24.0 Å². The molecule has 0 radical (unpaired) electrons. The van der Waals surface area contributed by atoms with Crippen LogP contribution in [0.5, 0.6) is 0 Å². The zero-order valence-corrected chi connectivity index (χ0v) is 20.0. The molecule has 0 spiro atoms. The van der Waals surface area contributed by atoms with Gasteiger partial charge in [0.15, 0.2) is 0 Å². The smallest absolute Gasteiger partial charge is 0.242 e. The number of rotatable bonds is 9. The molecule has 2 aromatic rings. The van der Waals surface area contributed by atoms with Gasteiger partial charge in [-0.1, -0.05) is 60.3 Å². The molecule has 2 aromatic carbocycles. The second-order valence-electron chi connectivity index (χ2n) is 7.94. The van der Waals surface area contributed by atoms with E-state index in [0.717, 1.165) is 36.8 Å². The zero-order valence-electron chi connectivity index (χ0n) is 17.7. The van der Waals surface area contributed by atoms with E-state index < -0.39 is 6.04 Å². The van der Waals surface area contributed by atoms with Crippen LogP contribution in [0.15, 0.2) is 48.5 Å². The van der Waals surface area contributed by atoms with Crippen LogP contribution in [0.25, 0.3) is 0 Å². The molecule has 2 amide bonds. The number of carbonyl (C=O) groups excluding carboxylic acids is 2. The molecule has 166 valence electrons. The van der Waals surface area contributed by atoms with E-state index in [-0.39, 0.29) is 17.9 Å².